The van der Waals surface area contributed by atoms with Crippen LogP contribution in [0.2, 0.25) is 0 Å². The molecule has 0 aliphatic carbocycles. The molecule has 3 aromatic rings. The number of morpholine rings is 1. The van der Waals surface area contributed by atoms with Crippen LogP contribution < -0.4 is 11.2 Å². The number of fused-ring (bicyclic) bond motifs is 3. The summed E-state index contributed by atoms with van der Waals surface area (Å²) in [5.74, 6) is 0.385. The van der Waals surface area contributed by atoms with E-state index in [1.807, 2.05) is 18.2 Å². The van der Waals surface area contributed by atoms with Gasteiger partial charge in [0.1, 0.15) is 5.78 Å². The molecule has 10 nitrogen and oxygen atoms in total. The third-order valence-electron chi connectivity index (χ3n) is 5.75. The predicted octanol–water partition coefficient (Wildman–Crippen LogP) is -0.313. The van der Waals surface area contributed by atoms with E-state index < -0.39 is 11.2 Å². The van der Waals surface area contributed by atoms with Crippen molar-refractivity contribution in [3.05, 3.63) is 32.2 Å². The normalized spacial score (nSPS) is 15.6. The van der Waals surface area contributed by atoms with Crippen LogP contribution in [0.5, 0.6) is 0 Å². The van der Waals surface area contributed by atoms with Crippen LogP contribution in [-0.4, -0.2) is 66.6 Å². The maximum absolute atomic E-state index is 13.1. The van der Waals surface area contributed by atoms with Gasteiger partial charge in [-0.05, 0) is 20.8 Å². The van der Waals surface area contributed by atoms with Gasteiger partial charge in [0.25, 0.3) is 5.56 Å². The number of aromatic nitrogens is 5. The fourth-order valence-corrected chi connectivity index (χ4v) is 4.01. The summed E-state index contributed by atoms with van der Waals surface area (Å²) >= 11 is 0. The van der Waals surface area contributed by atoms with Crippen LogP contribution in [0.15, 0.2) is 9.59 Å². The van der Waals surface area contributed by atoms with Gasteiger partial charge in [0.15, 0.2) is 11.2 Å². The highest BCUT2D eigenvalue weighted by atomic mass is 16.5. The minimum Gasteiger partial charge on any atom is -0.379 e. The summed E-state index contributed by atoms with van der Waals surface area (Å²) in [7, 11) is 1.58. The Balaban J connectivity index is 1.88. The quantitative estimate of drug-likeness (QED) is 0.581. The van der Waals surface area contributed by atoms with E-state index in [4.69, 9.17) is 4.74 Å². The molecule has 156 valence electrons. The van der Waals surface area contributed by atoms with Crippen molar-refractivity contribution in [1.29, 1.82) is 0 Å². The second-order valence-electron chi connectivity index (χ2n) is 7.63. The second kappa shape index (κ2) is 7.27. The van der Waals surface area contributed by atoms with Crippen LogP contribution >= 0.6 is 0 Å². The zero-order chi connectivity index (χ0) is 20.9. The molecule has 1 fully saturated rings. The Morgan fingerprint density at radius 1 is 1.07 bits per heavy atom. The monoisotopic (exact) mass is 402 g/mol. The van der Waals surface area contributed by atoms with Crippen LogP contribution in [0.3, 0.4) is 0 Å². The van der Waals surface area contributed by atoms with E-state index in [2.05, 4.69) is 14.5 Å². The van der Waals surface area contributed by atoms with Gasteiger partial charge >= 0.3 is 5.69 Å². The Labute approximate surface area is 166 Å². The average Bonchev–Trinajstić information content (AvgIpc) is 3.19. The summed E-state index contributed by atoms with van der Waals surface area (Å²) in [6.45, 7) is 9.91. The molecule has 0 unspecified atom stereocenters. The van der Waals surface area contributed by atoms with Gasteiger partial charge in [0, 0.05) is 44.6 Å². The molecule has 0 aromatic carbocycles. The van der Waals surface area contributed by atoms with Crippen LogP contribution in [0.1, 0.15) is 18.3 Å². The number of carbonyl (C=O) groups excluding carboxylic acids is 1. The van der Waals surface area contributed by atoms with E-state index in [1.54, 1.807) is 7.05 Å². The molecule has 3 aromatic heterocycles. The Morgan fingerprint density at radius 2 is 1.76 bits per heavy atom. The summed E-state index contributed by atoms with van der Waals surface area (Å²) in [4.78, 5) is 44.3. The molecule has 4 rings (SSSR count). The summed E-state index contributed by atoms with van der Waals surface area (Å²) in [6, 6.07) is 0. The summed E-state index contributed by atoms with van der Waals surface area (Å²) in [5, 5.41) is 0. The molecule has 29 heavy (non-hydrogen) atoms. The molecular formula is C19H26N6O4. The van der Waals surface area contributed by atoms with E-state index in [9.17, 15) is 14.4 Å². The number of aryl methyl sites for hydroxylation is 2. The van der Waals surface area contributed by atoms with Crippen molar-refractivity contribution in [3.8, 4) is 0 Å². The third-order valence-corrected chi connectivity index (χ3v) is 5.75. The predicted molar refractivity (Wildman–Crippen MR) is 108 cm³/mol. The smallest absolute Gasteiger partial charge is 0.332 e. The Morgan fingerprint density at radius 3 is 2.41 bits per heavy atom. The van der Waals surface area contributed by atoms with E-state index >= 15 is 0 Å². The molecule has 0 spiro atoms. The number of carbonyl (C=O) groups is 1. The lowest BCUT2D eigenvalue weighted by Gasteiger charge is -2.26. The van der Waals surface area contributed by atoms with Crippen LogP contribution in [0, 0.1) is 13.8 Å². The fourth-order valence-electron chi connectivity index (χ4n) is 4.01. The zero-order valence-corrected chi connectivity index (χ0v) is 17.3. The second-order valence-corrected chi connectivity index (χ2v) is 7.63. The van der Waals surface area contributed by atoms with Crippen molar-refractivity contribution in [3.63, 3.8) is 0 Å². The number of ether oxygens (including phenoxy) is 1. The Bertz CT molecular complexity index is 1220. The Hall–Kier alpha value is -2.72. The molecule has 10 heteroatoms. The molecule has 0 amide bonds. The lowest BCUT2D eigenvalue weighted by molar-refractivity contribution is -0.117. The van der Waals surface area contributed by atoms with Gasteiger partial charge in [-0.3, -0.25) is 28.0 Å². The van der Waals surface area contributed by atoms with Gasteiger partial charge in [0.2, 0.25) is 5.78 Å². The highest BCUT2D eigenvalue weighted by Crippen LogP contribution is 2.20. The summed E-state index contributed by atoms with van der Waals surface area (Å²) < 4.78 is 11.6. The van der Waals surface area contributed by atoms with Gasteiger partial charge in [-0.2, -0.15) is 4.98 Å². The molecule has 1 aliphatic heterocycles. The Kier molecular flexibility index (Phi) is 4.91. The van der Waals surface area contributed by atoms with Crippen molar-refractivity contribution in [1.82, 2.24) is 28.0 Å². The zero-order valence-electron chi connectivity index (χ0n) is 17.3. The van der Waals surface area contributed by atoms with Gasteiger partial charge in [-0.25, -0.2) is 4.79 Å². The number of rotatable bonds is 5. The van der Waals surface area contributed by atoms with Crippen molar-refractivity contribution >= 4 is 22.7 Å². The minimum absolute atomic E-state index is 0.246. The van der Waals surface area contributed by atoms with E-state index in [1.165, 1.54) is 11.5 Å². The van der Waals surface area contributed by atoms with Gasteiger partial charge in [-0.1, -0.05) is 0 Å². The van der Waals surface area contributed by atoms with Gasteiger partial charge in [-0.15, -0.1) is 0 Å². The lowest BCUT2D eigenvalue weighted by Crippen LogP contribution is -2.40. The first kappa shape index (κ1) is 19.6. The maximum Gasteiger partial charge on any atom is 0.332 e. The maximum atomic E-state index is 13.1. The van der Waals surface area contributed by atoms with Gasteiger partial charge < -0.3 is 9.30 Å². The SMILES string of the molecule is CC(=O)Cn1c(=O)c2c(nc3n(CCN4CCOCC4)c(C)c(C)n23)n(C)c1=O. The minimum atomic E-state index is -0.535. The van der Waals surface area contributed by atoms with Crippen LogP contribution in [-0.2, 0) is 29.7 Å². The molecule has 4 heterocycles. The first-order chi connectivity index (χ1) is 13.8. The van der Waals surface area contributed by atoms with Crippen molar-refractivity contribution in [2.75, 3.05) is 32.8 Å². The molecular weight excluding hydrogens is 376 g/mol. The summed E-state index contributed by atoms with van der Waals surface area (Å²) in [5.41, 5.74) is 1.56. The number of imidazole rings is 2. The molecule has 0 radical (unpaired) electrons. The molecule has 1 saturated heterocycles. The number of ketones is 1. The fraction of sp³-hybridized carbons (Fsp3) is 0.579. The highest BCUT2D eigenvalue weighted by Gasteiger charge is 2.23. The first-order valence-corrected chi connectivity index (χ1v) is 9.78. The van der Waals surface area contributed by atoms with Crippen LogP contribution in [0.4, 0.5) is 0 Å². The van der Waals surface area contributed by atoms with E-state index in [-0.39, 0.29) is 12.3 Å². The molecule has 0 atom stereocenters. The number of Topliss-reactive ketones (excluding diaryl/α,β-unsaturated/α-hetero) is 1. The van der Waals surface area contributed by atoms with E-state index in [0.717, 1.165) is 55.3 Å². The largest absolute Gasteiger partial charge is 0.379 e. The number of hydrogen-bond acceptors (Lipinski definition) is 6. The number of nitrogens with zero attached hydrogens (tertiary/aromatic N) is 6. The van der Waals surface area contributed by atoms with Crippen molar-refractivity contribution < 1.29 is 9.53 Å². The van der Waals surface area contributed by atoms with E-state index in [0.29, 0.717) is 16.9 Å². The molecule has 0 bridgehead atoms. The third kappa shape index (κ3) is 3.12. The molecule has 0 saturated carbocycles. The lowest BCUT2D eigenvalue weighted by atomic mass is 10.3. The average molecular weight is 402 g/mol. The number of hydrogen-bond donors (Lipinski definition) is 0. The van der Waals surface area contributed by atoms with Crippen molar-refractivity contribution in [2.24, 2.45) is 7.05 Å². The van der Waals surface area contributed by atoms with Crippen LogP contribution in [0.25, 0.3) is 16.9 Å². The standard InChI is InChI=1S/C19H26N6O4/c1-12(26)11-24-17(27)15-16(21(4)19(24)28)20-18-23(13(2)14(3)25(15)18)6-5-22-7-9-29-10-8-22/h5-11H2,1-4H3. The van der Waals surface area contributed by atoms with Crippen molar-refractivity contribution in [2.45, 2.75) is 33.9 Å². The molecule has 0 N–H and O–H groups in total. The molecule has 1 aliphatic rings. The topological polar surface area (TPSA) is 95.8 Å². The first-order valence-electron chi connectivity index (χ1n) is 9.78. The summed E-state index contributed by atoms with van der Waals surface area (Å²) in [6.07, 6.45) is 0. The van der Waals surface area contributed by atoms with Gasteiger partial charge in [0.05, 0.1) is 19.8 Å². The highest BCUT2D eigenvalue weighted by molar-refractivity contribution is 5.78.